The molecular weight excluding hydrogens is 412 g/mol. The van der Waals surface area contributed by atoms with Gasteiger partial charge in [0.05, 0.1) is 16.1 Å². The third kappa shape index (κ3) is 4.01. The van der Waals surface area contributed by atoms with E-state index >= 15 is 0 Å². The van der Waals surface area contributed by atoms with E-state index in [2.05, 4.69) is 15.0 Å². The molecule has 30 heavy (non-hydrogen) atoms. The number of carbonyl (C=O) groups excluding carboxylic acids is 1. The monoisotopic (exact) mass is 427 g/mol. The number of amides is 1. The van der Waals surface area contributed by atoms with Crippen molar-refractivity contribution in [2.24, 2.45) is 0 Å². The molecule has 3 N–H and O–H groups in total. The first-order valence-corrected chi connectivity index (χ1v) is 10.3. The van der Waals surface area contributed by atoms with Crippen LogP contribution in [0, 0.1) is 11.6 Å². The van der Waals surface area contributed by atoms with Gasteiger partial charge in [-0.25, -0.2) is 17.2 Å². The summed E-state index contributed by atoms with van der Waals surface area (Å²) in [4.78, 5) is 15.4. The average Bonchev–Trinajstić information content (AvgIpc) is 3.11. The predicted octanol–water partition coefficient (Wildman–Crippen LogP) is 4.50. The lowest BCUT2D eigenvalue weighted by atomic mass is 10.1. The van der Waals surface area contributed by atoms with Crippen LogP contribution in [0.5, 0.6) is 0 Å². The van der Waals surface area contributed by atoms with E-state index in [4.69, 9.17) is 0 Å². The van der Waals surface area contributed by atoms with E-state index in [-0.39, 0.29) is 16.5 Å². The highest BCUT2D eigenvalue weighted by molar-refractivity contribution is 7.92. The van der Waals surface area contributed by atoms with Gasteiger partial charge in [-0.1, -0.05) is 18.2 Å². The number of anilines is 2. The van der Waals surface area contributed by atoms with Crippen LogP contribution in [0.25, 0.3) is 10.9 Å². The Balaban J connectivity index is 1.51. The molecule has 152 valence electrons. The Bertz CT molecular complexity index is 1330. The minimum absolute atomic E-state index is 0.128. The number of carbonyl (C=O) groups is 1. The second kappa shape index (κ2) is 7.60. The first kappa shape index (κ1) is 19.6. The maximum atomic E-state index is 13.3. The molecule has 1 aromatic heterocycles. The number of fused-ring (bicyclic) bond motifs is 1. The molecule has 0 radical (unpaired) electrons. The second-order valence-electron chi connectivity index (χ2n) is 6.49. The van der Waals surface area contributed by atoms with Crippen molar-refractivity contribution >= 4 is 38.2 Å². The first-order chi connectivity index (χ1) is 14.3. The van der Waals surface area contributed by atoms with E-state index in [1.165, 1.54) is 24.3 Å². The van der Waals surface area contributed by atoms with Gasteiger partial charge < -0.3 is 10.3 Å². The van der Waals surface area contributed by atoms with E-state index in [9.17, 15) is 22.0 Å². The third-order valence-electron chi connectivity index (χ3n) is 4.37. The van der Waals surface area contributed by atoms with Gasteiger partial charge in [0.25, 0.3) is 15.9 Å². The number of halogens is 2. The normalized spacial score (nSPS) is 11.4. The SMILES string of the molecule is O=C(Nc1ccc(S(=O)(=O)Nc2cc(F)cc(F)c2)cc1)c1c[nH]c2ccccc12. The van der Waals surface area contributed by atoms with Crippen LogP contribution in [0.4, 0.5) is 20.2 Å². The number of benzene rings is 3. The summed E-state index contributed by atoms with van der Waals surface area (Å²) in [6.07, 6.45) is 1.60. The lowest BCUT2D eigenvalue weighted by molar-refractivity contribution is 0.102. The molecule has 1 amide bonds. The van der Waals surface area contributed by atoms with Crippen LogP contribution in [0.3, 0.4) is 0 Å². The summed E-state index contributed by atoms with van der Waals surface area (Å²) >= 11 is 0. The van der Waals surface area contributed by atoms with Crippen molar-refractivity contribution in [1.82, 2.24) is 4.98 Å². The second-order valence-corrected chi connectivity index (χ2v) is 8.17. The zero-order valence-corrected chi connectivity index (χ0v) is 16.1. The molecule has 0 unspecified atom stereocenters. The molecule has 6 nitrogen and oxygen atoms in total. The summed E-state index contributed by atoms with van der Waals surface area (Å²) in [6, 6.07) is 15.1. The largest absolute Gasteiger partial charge is 0.360 e. The van der Waals surface area contributed by atoms with Crippen molar-refractivity contribution in [1.29, 1.82) is 0 Å². The maximum Gasteiger partial charge on any atom is 0.261 e. The Labute approximate surface area is 170 Å². The Morgan fingerprint density at radius 2 is 1.53 bits per heavy atom. The van der Waals surface area contributed by atoms with E-state index in [0.717, 1.165) is 23.0 Å². The first-order valence-electron chi connectivity index (χ1n) is 8.78. The van der Waals surface area contributed by atoms with Crippen LogP contribution in [-0.2, 0) is 10.0 Å². The molecular formula is C21H15F2N3O3S. The van der Waals surface area contributed by atoms with Crippen molar-refractivity contribution in [2.75, 3.05) is 10.0 Å². The number of nitrogens with one attached hydrogen (secondary N) is 3. The van der Waals surface area contributed by atoms with Crippen molar-refractivity contribution in [3.8, 4) is 0 Å². The Hall–Kier alpha value is -3.72. The fourth-order valence-corrected chi connectivity index (χ4v) is 4.04. The van der Waals surface area contributed by atoms with Crippen molar-refractivity contribution in [3.63, 3.8) is 0 Å². The van der Waals surface area contributed by atoms with Gasteiger partial charge in [0.1, 0.15) is 11.6 Å². The molecule has 1 heterocycles. The average molecular weight is 427 g/mol. The molecule has 0 spiro atoms. The zero-order chi connectivity index (χ0) is 21.3. The van der Waals surface area contributed by atoms with Gasteiger partial charge in [0.15, 0.2) is 0 Å². The van der Waals surface area contributed by atoms with Crippen molar-refractivity contribution < 1.29 is 22.0 Å². The Kier molecular flexibility index (Phi) is 4.96. The van der Waals surface area contributed by atoms with E-state index < -0.39 is 21.7 Å². The molecule has 0 saturated heterocycles. The Morgan fingerprint density at radius 3 is 2.23 bits per heavy atom. The number of hydrogen-bond acceptors (Lipinski definition) is 3. The summed E-state index contributed by atoms with van der Waals surface area (Å²) in [5.41, 5.74) is 1.44. The van der Waals surface area contributed by atoms with Crippen molar-refractivity contribution in [3.05, 3.63) is 90.1 Å². The molecule has 4 aromatic rings. The topological polar surface area (TPSA) is 91.1 Å². The minimum atomic E-state index is -4.07. The van der Waals surface area contributed by atoms with Gasteiger partial charge in [-0.15, -0.1) is 0 Å². The number of rotatable bonds is 5. The fourth-order valence-electron chi connectivity index (χ4n) is 3.00. The number of aromatic nitrogens is 1. The number of sulfonamides is 1. The van der Waals surface area contributed by atoms with Crippen LogP contribution >= 0.6 is 0 Å². The van der Waals surface area contributed by atoms with E-state index in [1.807, 2.05) is 24.3 Å². The molecule has 0 atom stereocenters. The van der Waals surface area contributed by atoms with Crippen LogP contribution < -0.4 is 10.0 Å². The summed E-state index contributed by atoms with van der Waals surface area (Å²) < 4.78 is 53.6. The smallest absolute Gasteiger partial charge is 0.261 e. The summed E-state index contributed by atoms with van der Waals surface area (Å²) in [5, 5.41) is 3.47. The molecule has 4 rings (SSSR count). The highest BCUT2D eigenvalue weighted by Crippen LogP contribution is 2.22. The van der Waals surface area contributed by atoms with Gasteiger partial charge in [0.2, 0.25) is 0 Å². The van der Waals surface area contributed by atoms with Gasteiger partial charge in [-0.2, -0.15) is 0 Å². The summed E-state index contributed by atoms with van der Waals surface area (Å²) in [5.74, 6) is -2.15. The summed E-state index contributed by atoms with van der Waals surface area (Å²) in [7, 11) is -4.07. The van der Waals surface area contributed by atoms with Gasteiger partial charge in [-0.3, -0.25) is 9.52 Å². The zero-order valence-electron chi connectivity index (χ0n) is 15.3. The molecule has 0 saturated carbocycles. The Morgan fingerprint density at radius 1 is 0.867 bits per heavy atom. The maximum absolute atomic E-state index is 13.3. The standard InChI is InChI=1S/C21H15F2N3O3S/c22-13-9-14(23)11-16(10-13)26-30(28,29)17-7-5-15(6-8-17)25-21(27)19-12-24-20-4-2-1-3-18(19)20/h1-12,24,26H,(H,25,27). The van der Waals surface area contributed by atoms with Gasteiger partial charge >= 0.3 is 0 Å². The highest BCUT2D eigenvalue weighted by atomic mass is 32.2. The predicted molar refractivity (Wildman–Crippen MR) is 110 cm³/mol. The van der Waals surface area contributed by atoms with E-state index in [0.29, 0.717) is 17.3 Å². The molecule has 3 aromatic carbocycles. The molecule has 0 aliphatic rings. The van der Waals surface area contributed by atoms with Crippen LogP contribution in [0.15, 0.2) is 77.8 Å². The summed E-state index contributed by atoms with van der Waals surface area (Å²) in [6.45, 7) is 0. The van der Waals surface area contributed by atoms with Gasteiger partial charge in [-0.05, 0) is 42.5 Å². The highest BCUT2D eigenvalue weighted by Gasteiger charge is 2.16. The molecule has 0 bridgehead atoms. The quantitative estimate of drug-likeness (QED) is 0.438. The number of para-hydroxylation sites is 1. The number of aromatic amines is 1. The van der Waals surface area contributed by atoms with E-state index in [1.54, 1.807) is 6.20 Å². The molecule has 0 aliphatic carbocycles. The third-order valence-corrected chi connectivity index (χ3v) is 5.77. The van der Waals surface area contributed by atoms with Crippen LogP contribution in [-0.4, -0.2) is 19.3 Å². The molecule has 0 aliphatic heterocycles. The van der Waals surface area contributed by atoms with Crippen LogP contribution in [0.2, 0.25) is 0 Å². The number of hydrogen-bond donors (Lipinski definition) is 3. The van der Waals surface area contributed by atoms with Crippen molar-refractivity contribution in [2.45, 2.75) is 4.90 Å². The molecule has 0 fully saturated rings. The lowest BCUT2D eigenvalue weighted by Gasteiger charge is -2.10. The van der Waals surface area contributed by atoms with Gasteiger partial charge in [0, 0.05) is 28.9 Å². The van der Waals surface area contributed by atoms with Crippen LogP contribution in [0.1, 0.15) is 10.4 Å². The molecule has 9 heteroatoms. The fraction of sp³-hybridized carbons (Fsp3) is 0. The lowest BCUT2D eigenvalue weighted by Crippen LogP contribution is -2.14. The number of H-pyrrole nitrogens is 1. The minimum Gasteiger partial charge on any atom is -0.360 e.